The van der Waals surface area contributed by atoms with Gasteiger partial charge in [0.05, 0.1) is 16.4 Å². The van der Waals surface area contributed by atoms with Gasteiger partial charge in [-0.2, -0.15) is 5.10 Å². The number of rotatable bonds is 8. The number of benzene rings is 2. The van der Waals surface area contributed by atoms with Crippen molar-refractivity contribution in [2.75, 3.05) is 19.6 Å². The second-order valence-electron chi connectivity index (χ2n) is 9.80. The maximum Gasteiger partial charge on any atom is 0.159 e. The number of allylic oxidation sites excluding steroid dienone is 4. The third-order valence-corrected chi connectivity index (χ3v) is 7.22. The summed E-state index contributed by atoms with van der Waals surface area (Å²) in [4.78, 5) is 10.8. The Labute approximate surface area is 228 Å². The van der Waals surface area contributed by atoms with Gasteiger partial charge in [-0.25, -0.2) is 9.37 Å². The second-order valence-corrected chi connectivity index (χ2v) is 9.80. The Morgan fingerprint density at radius 1 is 1.10 bits per heavy atom. The zero-order valence-electron chi connectivity index (χ0n) is 22.6. The molecule has 0 amide bonds. The summed E-state index contributed by atoms with van der Waals surface area (Å²) < 4.78 is 13.5. The minimum atomic E-state index is -0.263. The highest BCUT2D eigenvalue weighted by molar-refractivity contribution is 5.93. The summed E-state index contributed by atoms with van der Waals surface area (Å²) in [5.74, 6) is 0.391. The Morgan fingerprint density at radius 2 is 1.87 bits per heavy atom. The maximum absolute atomic E-state index is 13.5. The molecule has 2 N–H and O–H groups in total. The summed E-state index contributed by atoms with van der Waals surface area (Å²) in [6, 6.07) is 12.4. The van der Waals surface area contributed by atoms with Crippen molar-refractivity contribution in [3.63, 3.8) is 0 Å². The van der Waals surface area contributed by atoms with Crippen LogP contribution in [0.25, 0.3) is 45.8 Å². The highest BCUT2D eigenvalue weighted by Gasteiger charge is 2.15. The van der Waals surface area contributed by atoms with Gasteiger partial charge in [-0.3, -0.25) is 10.00 Å². The fourth-order valence-corrected chi connectivity index (χ4v) is 5.10. The number of imidazole rings is 1. The minimum Gasteiger partial charge on any atom is -0.337 e. The first kappa shape index (κ1) is 26.3. The van der Waals surface area contributed by atoms with E-state index < -0.39 is 0 Å². The number of fused-ring (bicyclic) bond motifs is 1. The second kappa shape index (κ2) is 11.6. The molecule has 4 aromatic rings. The molecule has 0 unspecified atom stereocenters. The summed E-state index contributed by atoms with van der Waals surface area (Å²) >= 11 is 0. The first-order valence-electron chi connectivity index (χ1n) is 13.4. The van der Waals surface area contributed by atoms with E-state index in [1.54, 1.807) is 12.1 Å². The largest absolute Gasteiger partial charge is 0.337 e. The average molecular weight is 520 g/mol. The summed E-state index contributed by atoms with van der Waals surface area (Å²) in [5, 5.41) is 9.57. The van der Waals surface area contributed by atoms with E-state index in [0.29, 0.717) is 11.5 Å². The molecule has 1 saturated heterocycles. The number of H-pyrrole nitrogens is 2. The number of nitrogens with zero attached hydrogens (tertiary/aromatic N) is 3. The number of hydrogen-bond acceptors (Lipinski definition) is 3. The van der Waals surface area contributed by atoms with Crippen molar-refractivity contribution >= 4 is 23.2 Å². The van der Waals surface area contributed by atoms with Crippen molar-refractivity contribution in [1.82, 2.24) is 25.1 Å². The van der Waals surface area contributed by atoms with Crippen LogP contribution in [-0.2, 0) is 0 Å². The number of aromatic nitrogens is 4. The van der Waals surface area contributed by atoms with E-state index >= 15 is 0 Å². The maximum atomic E-state index is 13.5. The topological polar surface area (TPSA) is 60.6 Å². The molecule has 2 aromatic heterocycles. The fourth-order valence-electron chi connectivity index (χ4n) is 5.10. The number of nitrogens with one attached hydrogen (secondary N) is 2. The standard InChI is InChI=1S/C33H34FN5/c1-5-23(21-39-17-8-9-18-39)20-24(6-2)22(4)19-28-29(7-3)37-38-32(28)33-35-30-12-10-11-27(31(30)36-33)25-13-15-26(34)16-14-25/h5-7,10-16,19-20,37H,1,4,8-9,17-18,21H2,2-3H3,(H,35,36)/b23-20+,24-6+,28-19+,29-7+. The first-order chi connectivity index (χ1) is 19.0. The Hall–Kier alpha value is -4.29. The molecular formula is C33H34FN5. The lowest BCUT2D eigenvalue weighted by Crippen LogP contribution is -2.24. The lowest BCUT2D eigenvalue weighted by Gasteiger charge is -2.15. The SMILES string of the molecule is C=C/C(=C\C(=C/C)C(=C)/C=c1/c(-c2nc3c(-c4ccc(F)cc4)cccc3[nH]2)n[nH]/c1=C/C)CN1CCCC1. The van der Waals surface area contributed by atoms with Gasteiger partial charge < -0.3 is 4.98 Å². The Balaban J connectivity index is 1.54. The molecule has 6 heteroatoms. The van der Waals surface area contributed by atoms with E-state index in [0.717, 1.165) is 63.5 Å². The molecule has 0 bridgehead atoms. The highest BCUT2D eigenvalue weighted by atomic mass is 19.1. The van der Waals surface area contributed by atoms with Gasteiger partial charge in [-0.15, -0.1) is 0 Å². The van der Waals surface area contributed by atoms with Crippen molar-refractivity contribution in [2.45, 2.75) is 26.7 Å². The lowest BCUT2D eigenvalue weighted by molar-refractivity contribution is 0.371. The van der Waals surface area contributed by atoms with E-state index in [1.165, 1.54) is 30.5 Å². The normalized spacial score (nSPS) is 16.0. The van der Waals surface area contributed by atoms with Gasteiger partial charge in [0.25, 0.3) is 0 Å². The van der Waals surface area contributed by atoms with Gasteiger partial charge in [-0.05, 0) is 86.3 Å². The molecule has 198 valence electrons. The van der Waals surface area contributed by atoms with Crippen molar-refractivity contribution in [2.24, 2.45) is 0 Å². The predicted octanol–water partition coefficient (Wildman–Crippen LogP) is 6.05. The number of aromatic amines is 2. The molecule has 5 rings (SSSR count). The quantitative estimate of drug-likeness (QED) is 0.279. The van der Waals surface area contributed by atoms with Crippen molar-refractivity contribution in [3.8, 4) is 22.6 Å². The van der Waals surface area contributed by atoms with Crippen LogP contribution in [0.4, 0.5) is 4.39 Å². The lowest BCUT2D eigenvalue weighted by atomic mass is 10.0. The van der Waals surface area contributed by atoms with Crippen molar-refractivity contribution < 1.29 is 4.39 Å². The summed E-state index contributed by atoms with van der Waals surface area (Å²) in [6.45, 7) is 15.6. The molecule has 39 heavy (non-hydrogen) atoms. The number of hydrogen-bond donors (Lipinski definition) is 2. The van der Waals surface area contributed by atoms with Gasteiger partial charge in [0.2, 0.25) is 0 Å². The molecule has 0 spiro atoms. The molecule has 0 saturated carbocycles. The molecule has 2 aromatic carbocycles. The average Bonchev–Trinajstić information content (AvgIpc) is 3.71. The summed E-state index contributed by atoms with van der Waals surface area (Å²) in [5.41, 5.74) is 7.35. The molecular weight excluding hydrogens is 485 g/mol. The highest BCUT2D eigenvalue weighted by Crippen LogP contribution is 2.29. The number of likely N-dealkylation sites (tertiary alicyclic amines) is 1. The van der Waals surface area contributed by atoms with Crippen LogP contribution in [-0.4, -0.2) is 44.7 Å². The van der Waals surface area contributed by atoms with Gasteiger partial charge >= 0.3 is 0 Å². The molecule has 0 atom stereocenters. The summed E-state index contributed by atoms with van der Waals surface area (Å²) in [6.07, 6.45) is 12.8. The fraction of sp³-hybridized carbons (Fsp3) is 0.212. The van der Waals surface area contributed by atoms with Crippen molar-refractivity contribution in [3.05, 3.63) is 107 Å². The Kier molecular flexibility index (Phi) is 7.84. The van der Waals surface area contributed by atoms with E-state index in [9.17, 15) is 4.39 Å². The molecule has 1 aliphatic rings. The number of para-hydroxylation sites is 1. The molecule has 1 fully saturated rings. The van der Waals surface area contributed by atoms with Crippen LogP contribution in [0.15, 0.2) is 90.6 Å². The smallest absolute Gasteiger partial charge is 0.159 e. The van der Waals surface area contributed by atoms with Crippen LogP contribution < -0.4 is 10.6 Å². The molecule has 3 heterocycles. The molecule has 0 radical (unpaired) electrons. The van der Waals surface area contributed by atoms with Crippen LogP contribution in [0.5, 0.6) is 0 Å². The van der Waals surface area contributed by atoms with Crippen LogP contribution in [0.1, 0.15) is 26.7 Å². The third-order valence-electron chi connectivity index (χ3n) is 7.22. The summed E-state index contributed by atoms with van der Waals surface area (Å²) in [7, 11) is 0. The van der Waals surface area contributed by atoms with Crippen LogP contribution in [0.2, 0.25) is 0 Å². The predicted molar refractivity (Wildman–Crippen MR) is 160 cm³/mol. The molecule has 1 aliphatic heterocycles. The van der Waals surface area contributed by atoms with E-state index in [-0.39, 0.29) is 5.82 Å². The van der Waals surface area contributed by atoms with Gasteiger partial charge in [0.15, 0.2) is 5.82 Å². The van der Waals surface area contributed by atoms with Gasteiger partial charge in [-0.1, -0.05) is 61.7 Å². The minimum absolute atomic E-state index is 0.263. The van der Waals surface area contributed by atoms with Crippen LogP contribution >= 0.6 is 0 Å². The van der Waals surface area contributed by atoms with E-state index in [2.05, 4.69) is 51.5 Å². The Morgan fingerprint density at radius 3 is 2.56 bits per heavy atom. The van der Waals surface area contributed by atoms with Gasteiger partial charge in [0, 0.05) is 17.3 Å². The first-order valence-corrected chi connectivity index (χ1v) is 13.4. The third kappa shape index (κ3) is 5.61. The Bertz CT molecular complexity index is 1690. The van der Waals surface area contributed by atoms with Crippen LogP contribution in [0, 0.1) is 5.82 Å². The monoisotopic (exact) mass is 519 g/mol. The zero-order chi connectivity index (χ0) is 27.4. The molecule has 0 aliphatic carbocycles. The zero-order valence-corrected chi connectivity index (χ0v) is 22.6. The van der Waals surface area contributed by atoms with Gasteiger partial charge in [0.1, 0.15) is 11.5 Å². The van der Waals surface area contributed by atoms with Crippen LogP contribution in [0.3, 0.4) is 0 Å². The van der Waals surface area contributed by atoms with E-state index in [1.807, 2.05) is 44.2 Å². The van der Waals surface area contributed by atoms with Crippen molar-refractivity contribution in [1.29, 1.82) is 0 Å². The van der Waals surface area contributed by atoms with E-state index in [4.69, 9.17) is 4.98 Å². The molecule has 5 nitrogen and oxygen atoms in total. The number of halogens is 1.